The van der Waals surface area contributed by atoms with Gasteiger partial charge < -0.3 is 0 Å². The molecular formula is C16H18F3N7O. The molecule has 0 saturated carbocycles. The Morgan fingerprint density at radius 1 is 1.19 bits per heavy atom. The first-order valence-corrected chi connectivity index (χ1v) is 8.07. The number of nitrogens with zero attached hydrogens (tertiary/aromatic N) is 6. The van der Waals surface area contributed by atoms with Crippen LogP contribution in [0.1, 0.15) is 32.9 Å². The van der Waals surface area contributed by atoms with Crippen molar-refractivity contribution in [1.29, 1.82) is 0 Å². The van der Waals surface area contributed by atoms with Crippen molar-refractivity contribution in [1.82, 2.24) is 29.5 Å². The number of pyridine rings is 1. The molecule has 0 bridgehead atoms. The Hall–Kier alpha value is -2.98. The van der Waals surface area contributed by atoms with Crippen LogP contribution in [0.2, 0.25) is 0 Å². The van der Waals surface area contributed by atoms with Gasteiger partial charge in [0.25, 0.3) is 0 Å². The van der Waals surface area contributed by atoms with Crippen molar-refractivity contribution >= 4 is 23.0 Å². The van der Waals surface area contributed by atoms with Gasteiger partial charge in [-0.2, -0.15) is 13.2 Å². The van der Waals surface area contributed by atoms with Gasteiger partial charge in [0.2, 0.25) is 11.9 Å². The van der Waals surface area contributed by atoms with Crippen LogP contribution in [0, 0.1) is 5.41 Å². The molecule has 3 heterocycles. The highest BCUT2D eigenvalue weighted by Gasteiger charge is 2.33. The second-order valence-corrected chi connectivity index (χ2v) is 7.34. The van der Waals surface area contributed by atoms with Crippen molar-refractivity contribution in [2.45, 2.75) is 33.4 Å². The summed E-state index contributed by atoms with van der Waals surface area (Å²) >= 11 is 0. The van der Waals surface area contributed by atoms with E-state index in [4.69, 9.17) is 0 Å². The third-order valence-corrected chi connectivity index (χ3v) is 3.56. The summed E-state index contributed by atoms with van der Waals surface area (Å²) in [5.74, 6) is -0.0940. The van der Waals surface area contributed by atoms with Crippen molar-refractivity contribution in [2.24, 2.45) is 12.5 Å². The van der Waals surface area contributed by atoms with E-state index >= 15 is 0 Å². The van der Waals surface area contributed by atoms with Gasteiger partial charge in [0.05, 0.1) is 6.20 Å². The third-order valence-electron chi connectivity index (χ3n) is 3.56. The van der Waals surface area contributed by atoms with E-state index in [-0.39, 0.29) is 40.7 Å². The molecule has 11 heteroatoms. The molecule has 0 spiro atoms. The lowest BCUT2D eigenvalue weighted by molar-refractivity contribution is -0.141. The third kappa shape index (κ3) is 4.07. The first kappa shape index (κ1) is 18.8. The highest BCUT2D eigenvalue weighted by molar-refractivity contribution is 5.92. The molecule has 8 nitrogen and oxygen atoms in total. The Balaban J connectivity index is 2.13. The molecule has 27 heavy (non-hydrogen) atoms. The predicted molar refractivity (Wildman–Crippen MR) is 91.1 cm³/mol. The zero-order valence-electron chi connectivity index (χ0n) is 15.2. The molecule has 0 aromatic carbocycles. The van der Waals surface area contributed by atoms with Crippen LogP contribution in [0.15, 0.2) is 18.3 Å². The number of halogens is 3. The van der Waals surface area contributed by atoms with Gasteiger partial charge in [-0.05, 0) is 17.5 Å². The molecule has 3 rings (SSSR count). The molecule has 0 aliphatic heterocycles. The SMILES string of the molecule is Cn1cc(-n2c(NC(=O)CC(C)(C)C)nc3ccc(C(F)(F)F)nc32)nn1. The van der Waals surface area contributed by atoms with Crippen LogP contribution in [0.4, 0.5) is 19.1 Å². The Bertz CT molecular complexity index is 998. The predicted octanol–water partition coefficient (Wildman–Crippen LogP) is 2.94. The summed E-state index contributed by atoms with van der Waals surface area (Å²) in [7, 11) is 1.61. The van der Waals surface area contributed by atoms with Gasteiger partial charge in [0, 0.05) is 13.5 Å². The summed E-state index contributed by atoms with van der Waals surface area (Å²) in [6.07, 6.45) is -2.91. The number of nitrogens with one attached hydrogen (secondary N) is 1. The standard InChI is InChI=1S/C16H18F3N7O/c1-15(2,3)7-12(27)22-14-20-9-5-6-10(16(17,18)19)21-13(9)26(14)11-8-25(4)24-23-11/h5-6,8H,7H2,1-4H3,(H,20,22,27). The number of aryl methyl sites for hydroxylation is 1. The van der Waals surface area contributed by atoms with E-state index < -0.39 is 11.9 Å². The Kier molecular flexibility index (Phi) is 4.40. The largest absolute Gasteiger partial charge is 0.433 e. The number of rotatable bonds is 3. The number of carbonyl (C=O) groups excluding carboxylic acids is 1. The Morgan fingerprint density at radius 2 is 1.89 bits per heavy atom. The van der Waals surface area contributed by atoms with Crippen LogP contribution >= 0.6 is 0 Å². The van der Waals surface area contributed by atoms with E-state index in [1.165, 1.54) is 21.5 Å². The fourth-order valence-electron chi connectivity index (χ4n) is 2.50. The van der Waals surface area contributed by atoms with Gasteiger partial charge in [0.1, 0.15) is 11.2 Å². The maximum absolute atomic E-state index is 13.1. The Morgan fingerprint density at radius 3 is 2.44 bits per heavy atom. The van der Waals surface area contributed by atoms with Crippen LogP contribution in [0.3, 0.4) is 0 Å². The summed E-state index contributed by atoms with van der Waals surface area (Å²) in [6, 6.07) is 2.05. The van der Waals surface area contributed by atoms with Gasteiger partial charge in [-0.25, -0.2) is 14.5 Å². The van der Waals surface area contributed by atoms with Gasteiger partial charge in [-0.1, -0.05) is 26.0 Å². The van der Waals surface area contributed by atoms with Crippen molar-refractivity contribution in [3.05, 3.63) is 24.0 Å². The fraction of sp³-hybridized carbons (Fsp3) is 0.438. The smallest absolute Gasteiger partial charge is 0.296 e. The van der Waals surface area contributed by atoms with Crippen molar-refractivity contribution in [3.8, 4) is 5.82 Å². The first-order chi connectivity index (χ1) is 12.4. The van der Waals surface area contributed by atoms with E-state index in [1.54, 1.807) is 7.05 Å². The molecule has 3 aromatic rings. The molecule has 0 aliphatic carbocycles. The lowest BCUT2D eigenvalue weighted by Crippen LogP contribution is -2.21. The van der Waals surface area contributed by atoms with Crippen LogP contribution in [0.5, 0.6) is 0 Å². The zero-order chi connectivity index (χ0) is 20.0. The first-order valence-electron chi connectivity index (χ1n) is 8.07. The number of amides is 1. The van der Waals surface area contributed by atoms with Crippen LogP contribution < -0.4 is 5.32 Å². The van der Waals surface area contributed by atoms with Crippen molar-refractivity contribution < 1.29 is 18.0 Å². The van der Waals surface area contributed by atoms with E-state index in [0.29, 0.717) is 0 Å². The quantitative estimate of drug-likeness (QED) is 0.753. The summed E-state index contributed by atoms with van der Waals surface area (Å²) in [5.41, 5.74) is -1.21. The molecule has 0 aliphatic rings. The molecule has 0 saturated heterocycles. The molecule has 0 fully saturated rings. The lowest BCUT2D eigenvalue weighted by atomic mass is 9.92. The van der Waals surface area contributed by atoms with E-state index in [1.807, 2.05) is 20.8 Å². The van der Waals surface area contributed by atoms with E-state index in [0.717, 1.165) is 6.07 Å². The summed E-state index contributed by atoms with van der Waals surface area (Å²) < 4.78 is 41.8. The average molecular weight is 381 g/mol. The topological polar surface area (TPSA) is 90.5 Å². The highest BCUT2D eigenvalue weighted by Crippen LogP contribution is 2.31. The second kappa shape index (κ2) is 6.32. The monoisotopic (exact) mass is 381 g/mol. The number of alkyl halides is 3. The van der Waals surface area contributed by atoms with E-state index in [2.05, 4.69) is 25.6 Å². The summed E-state index contributed by atoms with van der Waals surface area (Å²) in [5, 5.41) is 10.3. The van der Waals surface area contributed by atoms with E-state index in [9.17, 15) is 18.0 Å². The number of carbonyl (C=O) groups is 1. The molecular weight excluding hydrogens is 363 g/mol. The molecule has 1 N–H and O–H groups in total. The van der Waals surface area contributed by atoms with Crippen LogP contribution in [0.25, 0.3) is 17.0 Å². The minimum atomic E-state index is -4.61. The van der Waals surface area contributed by atoms with Crippen LogP contribution in [-0.2, 0) is 18.0 Å². The fourth-order valence-corrected chi connectivity index (χ4v) is 2.50. The molecule has 3 aromatic heterocycles. The number of imidazole rings is 1. The number of aromatic nitrogens is 6. The number of hydrogen-bond acceptors (Lipinski definition) is 5. The molecule has 0 unspecified atom stereocenters. The minimum Gasteiger partial charge on any atom is -0.296 e. The van der Waals surface area contributed by atoms with Crippen molar-refractivity contribution in [3.63, 3.8) is 0 Å². The highest BCUT2D eigenvalue weighted by atomic mass is 19.4. The van der Waals surface area contributed by atoms with Crippen molar-refractivity contribution in [2.75, 3.05) is 5.32 Å². The maximum Gasteiger partial charge on any atom is 0.433 e. The average Bonchev–Trinajstić information content (AvgIpc) is 3.06. The summed E-state index contributed by atoms with van der Waals surface area (Å²) in [6.45, 7) is 5.69. The maximum atomic E-state index is 13.1. The van der Waals surface area contributed by atoms with Gasteiger partial charge >= 0.3 is 6.18 Å². The molecule has 0 atom stereocenters. The number of anilines is 1. The number of hydrogen-bond donors (Lipinski definition) is 1. The number of fused-ring (bicyclic) bond motifs is 1. The van der Waals surface area contributed by atoms with Crippen LogP contribution in [-0.4, -0.2) is 35.4 Å². The van der Waals surface area contributed by atoms with Gasteiger partial charge in [0.15, 0.2) is 11.5 Å². The molecule has 144 valence electrons. The zero-order valence-corrected chi connectivity index (χ0v) is 15.2. The minimum absolute atomic E-state index is 0.0339. The molecule has 0 radical (unpaired) electrons. The Labute approximate surface area is 152 Å². The lowest BCUT2D eigenvalue weighted by Gasteiger charge is -2.17. The summed E-state index contributed by atoms with van der Waals surface area (Å²) in [4.78, 5) is 20.2. The van der Waals surface area contributed by atoms with Gasteiger partial charge in [-0.3, -0.25) is 14.8 Å². The molecule has 1 amide bonds. The van der Waals surface area contributed by atoms with Gasteiger partial charge in [-0.15, -0.1) is 5.10 Å². The normalized spacial score (nSPS) is 12.6. The second-order valence-electron chi connectivity index (χ2n) is 7.34.